The topological polar surface area (TPSA) is 90.6 Å². The number of ether oxygens (including phenoxy) is 5. The van der Waals surface area contributed by atoms with E-state index in [1.54, 1.807) is 14.2 Å². The molecule has 9 heteroatoms. The predicted octanol–water partition coefficient (Wildman–Crippen LogP) is 6.14. The van der Waals surface area contributed by atoms with Crippen LogP contribution in [-0.2, 0) is 33.7 Å². The molecule has 0 amide bonds. The number of nitrogens with two attached hydrogens (primary N) is 1. The molecular formula is C39H54BNO7. The Labute approximate surface area is 287 Å². The fourth-order valence-corrected chi connectivity index (χ4v) is 6.60. The molecule has 3 aromatic carbocycles. The van der Waals surface area contributed by atoms with Crippen LogP contribution in [0.3, 0.4) is 0 Å². The minimum Gasteiger partial charge on any atom is -0.494 e. The van der Waals surface area contributed by atoms with E-state index in [-0.39, 0.29) is 0 Å². The molecule has 1 saturated heterocycles. The highest BCUT2D eigenvalue weighted by Gasteiger charge is 2.52. The van der Waals surface area contributed by atoms with Gasteiger partial charge in [0.15, 0.2) is 0 Å². The second-order valence-corrected chi connectivity index (χ2v) is 13.9. The zero-order valence-corrected chi connectivity index (χ0v) is 29.8. The van der Waals surface area contributed by atoms with Crippen molar-refractivity contribution in [2.24, 2.45) is 5.73 Å². The number of benzene rings is 3. The van der Waals surface area contributed by atoms with Crippen LogP contribution < -0.4 is 15.9 Å². The number of hydrogen-bond donors (Lipinski definition) is 1. The normalized spacial score (nSPS) is 19.0. The summed E-state index contributed by atoms with van der Waals surface area (Å²) in [4.78, 5) is 0. The maximum absolute atomic E-state index is 6.51. The van der Waals surface area contributed by atoms with Crippen LogP contribution in [-0.4, -0.2) is 85.3 Å². The van der Waals surface area contributed by atoms with Crippen molar-refractivity contribution in [3.63, 3.8) is 0 Å². The first kappa shape index (κ1) is 36.5. The third kappa shape index (κ3) is 8.00. The zero-order valence-electron chi connectivity index (χ0n) is 29.8. The summed E-state index contributed by atoms with van der Waals surface area (Å²) < 4.78 is 41.9. The maximum Gasteiger partial charge on any atom is 0.494 e. The third-order valence-corrected chi connectivity index (χ3v) is 10.1. The van der Waals surface area contributed by atoms with E-state index in [1.165, 1.54) is 22.3 Å². The Morgan fingerprint density at radius 2 is 1.27 bits per heavy atom. The van der Waals surface area contributed by atoms with Crippen LogP contribution in [0.1, 0.15) is 64.5 Å². The van der Waals surface area contributed by atoms with Gasteiger partial charge in [-0.2, -0.15) is 0 Å². The Hall–Kier alpha value is -2.76. The molecule has 1 aliphatic heterocycles. The Morgan fingerprint density at radius 1 is 0.646 bits per heavy atom. The smallest absolute Gasteiger partial charge is 0.494 e. The lowest BCUT2D eigenvalue weighted by atomic mass is 9.71. The molecule has 8 nitrogen and oxygen atoms in total. The van der Waals surface area contributed by atoms with Gasteiger partial charge in [-0.25, -0.2) is 0 Å². The molecule has 0 aromatic heterocycles. The van der Waals surface area contributed by atoms with Gasteiger partial charge in [0.1, 0.15) is 5.75 Å². The lowest BCUT2D eigenvalue weighted by molar-refractivity contribution is 0.00578. The minimum absolute atomic E-state index is 0.412. The van der Waals surface area contributed by atoms with Crippen molar-refractivity contribution in [2.45, 2.75) is 70.0 Å². The van der Waals surface area contributed by atoms with Crippen molar-refractivity contribution in [1.82, 2.24) is 0 Å². The summed E-state index contributed by atoms with van der Waals surface area (Å²) in [7, 11) is 2.94. The molecule has 48 heavy (non-hydrogen) atoms. The van der Waals surface area contributed by atoms with E-state index in [1.807, 2.05) is 0 Å². The van der Waals surface area contributed by atoms with Gasteiger partial charge in [-0.1, -0.05) is 42.5 Å². The summed E-state index contributed by atoms with van der Waals surface area (Å²) in [6, 6.07) is 21.9. The highest BCUT2D eigenvalue weighted by Crippen LogP contribution is 2.52. The van der Waals surface area contributed by atoms with Crippen molar-refractivity contribution >= 4 is 12.6 Å². The Morgan fingerprint density at radius 3 is 1.94 bits per heavy atom. The van der Waals surface area contributed by atoms with E-state index in [4.69, 9.17) is 38.7 Å². The van der Waals surface area contributed by atoms with Gasteiger partial charge in [0, 0.05) is 26.2 Å². The lowest BCUT2D eigenvalue weighted by Crippen LogP contribution is -2.41. The Balaban J connectivity index is 1.52. The van der Waals surface area contributed by atoms with Gasteiger partial charge in [-0.3, -0.25) is 0 Å². The van der Waals surface area contributed by atoms with Crippen molar-refractivity contribution in [1.29, 1.82) is 0 Å². The molecule has 1 fully saturated rings. The van der Waals surface area contributed by atoms with Crippen LogP contribution in [0.25, 0.3) is 22.3 Å². The number of unbranched alkanes of at least 4 members (excludes halogenated alkanes) is 1. The highest BCUT2D eigenvalue weighted by molar-refractivity contribution is 6.62. The van der Waals surface area contributed by atoms with Gasteiger partial charge in [0.05, 0.1) is 50.8 Å². The minimum atomic E-state index is -0.458. The quantitative estimate of drug-likeness (QED) is 0.121. The standard InChI is InChI=1S/C39H54BNO7/c1-37(2)38(3,4)48-40(47-37)31-13-17-34-33-16-12-30(29-10-14-32(15-11-29)46-21-8-7-19-41)26-35(33)39(36(34)27-31,28-45-25-23-43-6)18-9-20-44-24-22-42-5/h10-17,26-27H,7-9,18-25,28,41H2,1-6H3. The molecule has 1 heterocycles. The molecule has 2 aliphatic rings. The zero-order chi connectivity index (χ0) is 34.2. The van der Waals surface area contributed by atoms with Crippen LogP contribution in [0.15, 0.2) is 60.7 Å². The summed E-state index contributed by atoms with van der Waals surface area (Å²) in [5, 5.41) is 0. The molecule has 0 bridgehead atoms. The summed E-state index contributed by atoms with van der Waals surface area (Å²) in [6.07, 6.45) is 3.62. The van der Waals surface area contributed by atoms with Crippen molar-refractivity contribution < 1.29 is 33.0 Å². The first-order chi connectivity index (χ1) is 23.2. The summed E-state index contributed by atoms with van der Waals surface area (Å²) in [6.45, 7) is 13.1. The van der Waals surface area contributed by atoms with Crippen LogP contribution in [0.2, 0.25) is 0 Å². The second-order valence-electron chi connectivity index (χ2n) is 13.9. The molecule has 1 unspecified atom stereocenters. The molecule has 2 N–H and O–H groups in total. The van der Waals surface area contributed by atoms with Gasteiger partial charge in [-0.05, 0) is 117 Å². The molecule has 3 aromatic rings. The number of fused-ring (bicyclic) bond motifs is 3. The van der Waals surface area contributed by atoms with E-state index >= 15 is 0 Å². The highest BCUT2D eigenvalue weighted by atomic mass is 16.7. The Bertz CT molecular complexity index is 1460. The van der Waals surface area contributed by atoms with E-state index in [0.717, 1.165) is 48.0 Å². The average molecular weight is 660 g/mol. The monoisotopic (exact) mass is 659 g/mol. The van der Waals surface area contributed by atoms with Gasteiger partial charge < -0.3 is 38.7 Å². The number of rotatable bonds is 19. The fraction of sp³-hybridized carbons (Fsp3) is 0.538. The molecule has 1 aliphatic carbocycles. The van der Waals surface area contributed by atoms with E-state index < -0.39 is 23.7 Å². The van der Waals surface area contributed by atoms with Crippen LogP contribution in [0.5, 0.6) is 5.75 Å². The number of methoxy groups -OCH3 is 2. The van der Waals surface area contributed by atoms with Crippen LogP contribution >= 0.6 is 0 Å². The summed E-state index contributed by atoms with van der Waals surface area (Å²) >= 11 is 0. The molecule has 0 saturated carbocycles. The van der Waals surface area contributed by atoms with E-state index in [9.17, 15) is 0 Å². The van der Waals surface area contributed by atoms with Crippen molar-refractivity contribution in [3.05, 3.63) is 71.8 Å². The molecule has 0 radical (unpaired) electrons. The largest absolute Gasteiger partial charge is 0.494 e. The molecule has 1 atom stereocenters. The van der Waals surface area contributed by atoms with Crippen molar-refractivity contribution in [2.75, 3.05) is 67.0 Å². The summed E-state index contributed by atoms with van der Waals surface area (Å²) in [5.41, 5.74) is 12.6. The van der Waals surface area contributed by atoms with Gasteiger partial charge in [-0.15, -0.1) is 0 Å². The van der Waals surface area contributed by atoms with Gasteiger partial charge in [0.2, 0.25) is 0 Å². The second kappa shape index (κ2) is 16.3. The molecular weight excluding hydrogens is 605 g/mol. The first-order valence-electron chi connectivity index (χ1n) is 17.4. The molecule has 5 rings (SSSR count). The number of hydrogen-bond acceptors (Lipinski definition) is 8. The Kier molecular flexibility index (Phi) is 12.4. The predicted molar refractivity (Wildman–Crippen MR) is 192 cm³/mol. The van der Waals surface area contributed by atoms with Crippen molar-refractivity contribution in [3.8, 4) is 28.0 Å². The van der Waals surface area contributed by atoms with Crippen LogP contribution in [0.4, 0.5) is 0 Å². The van der Waals surface area contributed by atoms with Gasteiger partial charge in [0.25, 0.3) is 0 Å². The third-order valence-electron chi connectivity index (χ3n) is 10.1. The van der Waals surface area contributed by atoms with E-state index in [2.05, 4.69) is 88.4 Å². The fourth-order valence-electron chi connectivity index (χ4n) is 6.60. The maximum atomic E-state index is 6.51. The average Bonchev–Trinajstić information content (AvgIpc) is 3.47. The molecule has 0 spiro atoms. The summed E-state index contributed by atoms with van der Waals surface area (Å²) in [5.74, 6) is 0.869. The van der Waals surface area contributed by atoms with Crippen LogP contribution in [0, 0.1) is 0 Å². The molecule has 260 valence electrons. The van der Waals surface area contributed by atoms with E-state index in [0.29, 0.717) is 52.8 Å². The SMILES string of the molecule is COCCOCCCC1(COCCOC)c2cc(B3OC(C)(C)C(C)(C)O3)ccc2-c2ccc(-c3ccc(OCCCCN)cc3)cc21. The lowest BCUT2D eigenvalue weighted by Gasteiger charge is -2.33. The first-order valence-corrected chi connectivity index (χ1v) is 17.4. The van der Waals surface area contributed by atoms with Gasteiger partial charge >= 0.3 is 7.12 Å².